The van der Waals surface area contributed by atoms with E-state index in [1.807, 2.05) is 6.92 Å². The van der Waals surface area contributed by atoms with Crippen LogP contribution >= 0.6 is 0 Å². The van der Waals surface area contributed by atoms with Crippen LogP contribution in [0.3, 0.4) is 0 Å². The highest BCUT2D eigenvalue weighted by Gasteiger charge is 2.19. The van der Waals surface area contributed by atoms with Gasteiger partial charge in [0.25, 0.3) is 0 Å². The van der Waals surface area contributed by atoms with Crippen molar-refractivity contribution < 1.29 is 14.7 Å². The number of hydrogen-bond donors (Lipinski definition) is 1. The van der Waals surface area contributed by atoms with Crippen LogP contribution in [0, 0.1) is 5.92 Å². The van der Waals surface area contributed by atoms with Gasteiger partial charge in [-0.2, -0.15) is 0 Å². The van der Waals surface area contributed by atoms with Crippen LogP contribution in [0.1, 0.15) is 84.5 Å². The summed E-state index contributed by atoms with van der Waals surface area (Å²) in [6.45, 7) is 4.15. The Kier molecular flexibility index (Phi) is 12.2. The lowest BCUT2D eigenvalue weighted by molar-refractivity contribution is -0.133. The zero-order valence-electron chi connectivity index (χ0n) is 13.1. The van der Waals surface area contributed by atoms with Crippen LogP contribution in [0.2, 0.25) is 0 Å². The summed E-state index contributed by atoms with van der Waals surface area (Å²) in [5, 5.41) is 8.92. The Bertz CT molecular complexity index is 303. The fraction of sp³-hybridized carbons (Fsp3) is 0.824. The van der Waals surface area contributed by atoms with Crippen LogP contribution < -0.4 is 0 Å². The lowest BCUT2D eigenvalue weighted by Crippen LogP contribution is -2.13. The first-order valence-corrected chi connectivity index (χ1v) is 8.15. The van der Waals surface area contributed by atoms with Crippen LogP contribution in [-0.2, 0) is 9.59 Å². The monoisotopic (exact) mass is 282 g/mol. The molecule has 0 heterocycles. The normalized spacial score (nSPS) is 11.9. The molecule has 0 aromatic heterocycles. The van der Waals surface area contributed by atoms with Crippen molar-refractivity contribution in [2.75, 3.05) is 0 Å². The van der Waals surface area contributed by atoms with Gasteiger partial charge < -0.3 is 5.11 Å². The molecule has 0 aromatic carbocycles. The minimum atomic E-state index is -1.11. The largest absolute Gasteiger partial charge is 0.477 e. The molecule has 3 heteroatoms. The van der Waals surface area contributed by atoms with Crippen LogP contribution in [0.15, 0.2) is 5.57 Å². The molecular weight excluding hydrogens is 252 g/mol. The minimum absolute atomic E-state index is 0.0768. The van der Waals surface area contributed by atoms with E-state index < -0.39 is 5.97 Å². The second-order valence-electron chi connectivity index (χ2n) is 5.54. The molecular formula is C17H30O3. The number of unbranched alkanes of at least 4 members (excludes halogenated alkanes) is 8. The zero-order valence-corrected chi connectivity index (χ0v) is 13.1. The van der Waals surface area contributed by atoms with E-state index in [-0.39, 0.29) is 11.5 Å². The summed E-state index contributed by atoms with van der Waals surface area (Å²) in [7, 11) is 0. The van der Waals surface area contributed by atoms with Crippen molar-refractivity contribution >= 4 is 11.9 Å². The molecule has 0 aliphatic heterocycles. The summed E-state index contributed by atoms with van der Waals surface area (Å²) in [6, 6.07) is 0. The second kappa shape index (κ2) is 12.9. The molecule has 0 aliphatic carbocycles. The van der Waals surface area contributed by atoms with Crippen molar-refractivity contribution in [3.63, 3.8) is 0 Å². The van der Waals surface area contributed by atoms with Gasteiger partial charge in [0.2, 0.25) is 0 Å². The maximum Gasteiger partial charge on any atom is 0.343 e. The van der Waals surface area contributed by atoms with E-state index in [0.29, 0.717) is 6.42 Å². The number of carbonyl (C=O) groups excluding carboxylic acids is 1. The molecule has 0 radical (unpaired) electrons. The second-order valence-corrected chi connectivity index (χ2v) is 5.54. The van der Waals surface area contributed by atoms with Gasteiger partial charge in [-0.1, -0.05) is 71.6 Å². The number of carboxylic acid groups (broad SMARTS) is 1. The van der Waals surface area contributed by atoms with Crippen LogP contribution in [-0.4, -0.2) is 17.0 Å². The molecule has 1 N–H and O–H groups in total. The van der Waals surface area contributed by atoms with Crippen molar-refractivity contribution in [1.29, 1.82) is 0 Å². The third-order valence-electron chi connectivity index (χ3n) is 3.90. The van der Waals surface area contributed by atoms with E-state index >= 15 is 0 Å². The Morgan fingerprint density at radius 3 is 1.85 bits per heavy atom. The fourth-order valence-electron chi connectivity index (χ4n) is 2.56. The van der Waals surface area contributed by atoms with Crippen molar-refractivity contribution in [1.82, 2.24) is 0 Å². The molecule has 1 atom stereocenters. The highest BCUT2D eigenvalue weighted by Crippen LogP contribution is 2.21. The first kappa shape index (κ1) is 18.9. The Labute approximate surface area is 123 Å². The van der Waals surface area contributed by atoms with Crippen molar-refractivity contribution in [2.24, 2.45) is 5.92 Å². The van der Waals surface area contributed by atoms with Gasteiger partial charge in [-0.05, 0) is 12.8 Å². The summed E-state index contributed by atoms with van der Waals surface area (Å²) in [5.41, 5.74) is -0.0768. The molecule has 0 rings (SSSR count). The summed E-state index contributed by atoms with van der Waals surface area (Å²) >= 11 is 0. The van der Waals surface area contributed by atoms with E-state index in [9.17, 15) is 9.59 Å². The number of rotatable bonds is 13. The minimum Gasteiger partial charge on any atom is -0.477 e. The van der Waals surface area contributed by atoms with Crippen molar-refractivity contribution in [3.05, 3.63) is 5.57 Å². The predicted octanol–water partition coefficient (Wildman–Crippen LogP) is 4.78. The molecule has 116 valence electrons. The molecule has 0 spiro atoms. The third-order valence-corrected chi connectivity index (χ3v) is 3.90. The van der Waals surface area contributed by atoms with Crippen LogP contribution in [0.4, 0.5) is 0 Å². The van der Waals surface area contributed by atoms with E-state index in [2.05, 4.69) is 6.92 Å². The molecule has 3 nitrogen and oxygen atoms in total. The van der Waals surface area contributed by atoms with Crippen molar-refractivity contribution in [3.8, 4) is 0 Å². The van der Waals surface area contributed by atoms with Gasteiger partial charge in [-0.25, -0.2) is 9.59 Å². The number of carbonyl (C=O) groups is 1. The van der Waals surface area contributed by atoms with E-state index in [1.54, 1.807) is 5.94 Å². The van der Waals surface area contributed by atoms with Gasteiger partial charge >= 0.3 is 5.97 Å². The van der Waals surface area contributed by atoms with Crippen LogP contribution in [0.25, 0.3) is 0 Å². The molecule has 0 bridgehead atoms. The van der Waals surface area contributed by atoms with E-state index in [1.165, 1.54) is 44.9 Å². The molecule has 1 unspecified atom stereocenters. The summed E-state index contributed by atoms with van der Waals surface area (Å²) in [4.78, 5) is 21.6. The van der Waals surface area contributed by atoms with Gasteiger partial charge in [0.15, 0.2) is 0 Å². The number of hydrogen-bond acceptors (Lipinski definition) is 2. The molecule has 0 aliphatic rings. The smallest absolute Gasteiger partial charge is 0.343 e. The standard InChI is InChI=1S/C17H30O3/c1-3-5-6-7-8-9-10-11-12-13-15(4-2)16(14-18)17(19)20/h15H,3-13H2,1-2H3,(H,19,20). The average Bonchev–Trinajstić information content (AvgIpc) is 2.43. The van der Waals surface area contributed by atoms with Crippen LogP contribution in [0.5, 0.6) is 0 Å². The molecule has 0 saturated heterocycles. The Morgan fingerprint density at radius 2 is 1.45 bits per heavy atom. The lowest BCUT2D eigenvalue weighted by Gasteiger charge is -2.12. The van der Waals surface area contributed by atoms with Gasteiger partial charge in [0.1, 0.15) is 11.5 Å². The molecule has 0 aromatic rings. The third kappa shape index (κ3) is 8.92. The summed E-state index contributed by atoms with van der Waals surface area (Å²) in [6.07, 6.45) is 12.8. The fourth-order valence-corrected chi connectivity index (χ4v) is 2.56. The quantitative estimate of drug-likeness (QED) is 0.300. The van der Waals surface area contributed by atoms with Gasteiger partial charge in [0, 0.05) is 5.92 Å². The zero-order chi connectivity index (χ0) is 15.2. The Morgan fingerprint density at radius 1 is 0.950 bits per heavy atom. The van der Waals surface area contributed by atoms with Gasteiger partial charge in [-0.15, -0.1) is 0 Å². The Hall–Kier alpha value is -1.08. The van der Waals surface area contributed by atoms with E-state index in [0.717, 1.165) is 19.3 Å². The molecule has 0 fully saturated rings. The number of aliphatic carboxylic acids is 1. The summed E-state index contributed by atoms with van der Waals surface area (Å²) in [5.74, 6) is 0.362. The highest BCUT2D eigenvalue weighted by atomic mass is 16.4. The molecule has 20 heavy (non-hydrogen) atoms. The average molecular weight is 282 g/mol. The maximum absolute atomic E-state index is 10.9. The highest BCUT2D eigenvalue weighted by molar-refractivity contribution is 5.95. The predicted molar refractivity (Wildman–Crippen MR) is 82.5 cm³/mol. The maximum atomic E-state index is 10.9. The van der Waals surface area contributed by atoms with Crippen molar-refractivity contribution in [2.45, 2.75) is 84.5 Å². The SMILES string of the molecule is CCCCCCCCCCCC(CC)C(=C=O)C(=O)O. The Balaban J connectivity index is 3.67. The number of carboxylic acids is 1. The first-order valence-electron chi connectivity index (χ1n) is 8.15. The van der Waals surface area contributed by atoms with Gasteiger partial charge in [0.05, 0.1) is 0 Å². The summed E-state index contributed by atoms with van der Waals surface area (Å²) < 4.78 is 0. The van der Waals surface area contributed by atoms with E-state index in [4.69, 9.17) is 5.11 Å². The molecule has 0 saturated carbocycles. The first-order chi connectivity index (χ1) is 9.67. The lowest BCUT2D eigenvalue weighted by atomic mass is 9.91. The molecule has 0 amide bonds. The topological polar surface area (TPSA) is 54.4 Å². The van der Waals surface area contributed by atoms with Gasteiger partial charge in [-0.3, -0.25) is 0 Å².